The van der Waals surface area contributed by atoms with Crippen molar-refractivity contribution in [1.29, 1.82) is 0 Å². The fourth-order valence-electron chi connectivity index (χ4n) is 6.35. The van der Waals surface area contributed by atoms with Gasteiger partial charge in [-0.2, -0.15) is 0 Å². The van der Waals surface area contributed by atoms with Crippen LogP contribution < -0.4 is 24.8 Å². The topological polar surface area (TPSA) is 182 Å². The number of methoxy groups -OCH3 is 1. The average molecular weight is 728 g/mol. The molecule has 51 heavy (non-hydrogen) atoms. The second-order valence-electron chi connectivity index (χ2n) is 15.8. The van der Waals surface area contributed by atoms with Gasteiger partial charge < -0.3 is 29.7 Å². The molecule has 2 heterocycles. The highest BCUT2D eigenvalue weighted by Crippen LogP contribution is 2.45. The summed E-state index contributed by atoms with van der Waals surface area (Å²) < 4.78 is 44.9. The van der Waals surface area contributed by atoms with Crippen LogP contribution in [0.25, 0.3) is 10.8 Å². The van der Waals surface area contributed by atoms with Crippen LogP contribution in [-0.2, 0) is 29.1 Å². The highest BCUT2D eigenvalue weighted by Gasteiger charge is 2.62. The number of aromatic nitrogens is 1. The molecule has 2 saturated carbocycles. The van der Waals surface area contributed by atoms with E-state index in [2.05, 4.69) is 26.9 Å². The van der Waals surface area contributed by atoms with Crippen molar-refractivity contribution in [2.75, 3.05) is 13.7 Å². The van der Waals surface area contributed by atoms with Gasteiger partial charge in [-0.3, -0.25) is 19.1 Å². The maximum atomic E-state index is 14.5. The van der Waals surface area contributed by atoms with E-state index in [0.717, 1.165) is 10.9 Å². The van der Waals surface area contributed by atoms with E-state index in [9.17, 15) is 27.6 Å². The highest BCUT2D eigenvalue weighted by atomic mass is 32.2. The van der Waals surface area contributed by atoms with Gasteiger partial charge in [0.05, 0.1) is 25.1 Å². The molecule has 0 unspecified atom stereocenters. The Morgan fingerprint density at radius 1 is 1.10 bits per heavy atom. The van der Waals surface area contributed by atoms with E-state index in [1.54, 1.807) is 48.7 Å². The van der Waals surface area contributed by atoms with E-state index in [1.165, 1.54) is 17.2 Å². The number of carbonyl (C=O) groups is 4. The van der Waals surface area contributed by atoms with E-state index in [1.807, 2.05) is 25.1 Å². The molecule has 1 aromatic carbocycles. The van der Waals surface area contributed by atoms with Gasteiger partial charge in [-0.1, -0.05) is 44.5 Å². The van der Waals surface area contributed by atoms with Crippen molar-refractivity contribution in [1.82, 2.24) is 25.2 Å². The number of likely N-dealkylation sites (tertiary alicyclic amines) is 1. The molecule has 1 aromatic heterocycles. The lowest BCUT2D eigenvalue weighted by Crippen LogP contribution is -2.60. The number of hydrogen-bond donors (Lipinski definition) is 3. The third-order valence-electron chi connectivity index (χ3n) is 9.34. The Morgan fingerprint density at radius 2 is 1.78 bits per heavy atom. The molecule has 2 aromatic rings. The average Bonchev–Trinajstić information content (AvgIpc) is 3.95. The Morgan fingerprint density at radius 3 is 2.35 bits per heavy atom. The molecular formula is C36H49N5O9S. The number of hydrogen-bond acceptors (Lipinski definition) is 10. The summed E-state index contributed by atoms with van der Waals surface area (Å²) in [4.78, 5) is 60.9. The van der Waals surface area contributed by atoms with E-state index in [4.69, 9.17) is 14.2 Å². The molecule has 1 saturated heterocycles. The van der Waals surface area contributed by atoms with Crippen molar-refractivity contribution in [2.24, 2.45) is 11.3 Å². The number of sulfonamides is 1. The van der Waals surface area contributed by atoms with E-state index in [0.29, 0.717) is 24.0 Å². The first-order chi connectivity index (χ1) is 23.7. The zero-order valence-electron chi connectivity index (χ0n) is 30.5. The number of aryl methyl sites for hydroxylation is 1. The van der Waals surface area contributed by atoms with Gasteiger partial charge in [0.15, 0.2) is 0 Å². The lowest BCUT2D eigenvalue weighted by atomic mass is 9.85. The molecule has 4 amide bonds. The number of ether oxygens (including phenoxy) is 3. The van der Waals surface area contributed by atoms with Gasteiger partial charge in [0, 0.05) is 23.1 Å². The largest absolute Gasteiger partial charge is 0.494 e. The zero-order chi connectivity index (χ0) is 37.7. The number of nitrogens with zero attached hydrogens (tertiary/aromatic N) is 2. The molecular weight excluding hydrogens is 678 g/mol. The minimum Gasteiger partial charge on any atom is -0.494 e. The van der Waals surface area contributed by atoms with Gasteiger partial charge >= 0.3 is 6.09 Å². The van der Waals surface area contributed by atoms with Crippen molar-refractivity contribution in [3.8, 4) is 11.6 Å². The molecule has 3 N–H and O–H groups in total. The minimum atomic E-state index is -3.90. The Kier molecular flexibility index (Phi) is 10.1. The van der Waals surface area contributed by atoms with Crippen LogP contribution in [-0.4, -0.2) is 90.3 Å². The number of fused-ring (bicyclic) bond motifs is 1. The summed E-state index contributed by atoms with van der Waals surface area (Å²) >= 11 is 0. The Labute approximate surface area is 299 Å². The van der Waals surface area contributed by atoms with Gasteiger partial charge in [0.1, 0.15) is 35.1 Å². The summed E-state index contributed by atoms with van der Waals surface area (Å²) in [7, 11) is -2.36. The predicted octanol–water partition coefficient (Wildman–Crippen LogP) is 3.51. The third-order valence-corrected chi connectivity index (χ3v) is 11.2. The Hall–Kier alpha value is -4.40. The van der Waals surface area contributed by atoms with Gasteiger partial charge in [-0.15, -0.1) is 6.58 Å². The smallest absolute Gasteiger partial charge is 0.408 e. The zero-order valence-corrected chi connectivity index (χ0v) is 31.3. The normalized spacial score (nSPS) is 23.9. The molecule has 2 aliphatic carbocycles. The summed E-state index contributed by atoms with van der Waals surface area (Å²) in [5.74, 6) is -1.78. The SMILES string of the molecule is C=C[C@@H]1C[C@]1(NC(=O)[C@@H]1C[C@@H](Oc2ncc(OC)c3ccc(C)cc23)CN1C(=O)[C@@H](NC(=O)OC(C)(C)C)C(C)(C)C)C(=O)NS(=O)(=O)C1CC1. The molecule has 0 radical (unpaired) electrons. The molecule has 278 valence electrons. The fourth-order valence-corrected chi connectivity index (χ4v) is 7.72. The van der Waals surface area contributed by atoms with E-state index >= 15 is 0 Å². The van der Waals surface area contributed by atoms with Crippen LogP contribution in [0.5, 0.6) is 11.6 Å². The lowest BCUT2D eigenvalue weighted by molar-refractivity contribution is -0.143. The van der Waals surface area contributed by atoms with Crippen molar-refractivity contribution in [3.05, 3.63) is 42.6 Å². The predicted molar refractivity (Wildman–Crippen MR) is 189 cm³/mol. The second kappa shape index (κ2) is 13.6. The number of rotatable bonds is 11. The molecule has 0 bridgehead atoms. The maximum Gasteiger partial charge on any atom is 0.408 e. The van der Waals surface area contributed by atoms with E-state index < -0.39 is 79.7 Å². The minimum absolute atomic E-state index is 0.0126. The number of benzene rings is 1. The van der Waals surface area contributed by atoms with Crippen LogP contribution in [0.2, 0.25) is 0 Å². The van der Waals surface area contributed by atoms with Crippen LogP contribution in [0.3, 0.4) is 0 Å². The van der Waals surface area contributed by atoms with Gasteiger partial charge in [-0.05, 0) is 58.4 Å². The molecule has 3 aliphatic rings. The summed E-state index contributed by atoms with van der Waals surface area (Å²) in [6.45, 7) is 16.1. The molecule has 1 aliphatic heterocycles. The third kappa shape index (κ3) is 8.23. The van der Waals surface area contributed by atoms with Crippen LogP contribution in [0.4, 0.5) is 4.79 Å². The number of alkyl carbamates (subject to hydrolysis) is 1. The van der Waals surface area contributed by atoms with Crippen molar-refractivity contribution in [2.45, 2.75) is 109 Å². The van der Waals surface area contributed by atoms with Gasteiger partial charge in [-0.25, -0.2) is 18.2 Å². The monoisotopic (exact) mass is 727 g/mol. The number of pyridine rings is 1. The lowest BCUT2D eigenvalue weighted by Gasteiger charge is -2.36. The summed E-state index contributed by atoms with van der Waals surface area (Å²) in [5.41, 5.74) is -2.25. The first-order valence-corrected chi connectivity index (χ1v) is 18.6. The Bertz CT molecular complexity index is 1850. The first kappa shape index (κ1) is 37.8. The van der Waals surface area contributed by atoms with Crippen molar-refractivity contribution in [3.63, 3.8) is 0 Å². The summed E-state index contributed by atoms with van der Waals surface area (Å²) in [5, 5.41) is 6.28. The van der Waals surface area contributed by atoms with Gasteiger partial charge in [0.2, 0.25) is 27.7 Å². The fraction of sp³-hybridized carbons (Fsp3) is 0.583. The van der Waals surface area contributed by atoms with Crippen LogP contribution in [0.1, 0.15) is 72.8 Å². The van der Waals surface area contributed by atoms with Crippen molar-refractivity contribution < 1.29 is 41.8 Å². The molecule has 3 fully saturated rings. The second-order valence-corrected chi connectivity index (χ2v) is 17.8. The van der Waals surface area contributed by atoms with Crippen LogP contribution in [0, 0.1) is 18.3 Å². The van der Waals surface area contributed by atoms with Crippen LogP contribution >= 0.6 is 0 Å². The van der Waals surface area contributed by atoms with E-state index in [-0.39, 0.29) is 25.3 Å². The summed E-state index contributed by atoms with van der Waals surface area (Å²) in [6.07, 6.45) is 2.57. The number of nitrogens with one attached hydrogen (secondary N) is 3. The van der Waals surface area contributed by atoms with Crippen molar-refractivity contribution >= 4 is 44.6 Å². The molecule has 0 spiro atoms. The highest BCUT2D eigenvalue weighted by molar-refractivity contribution is 7.91. The quantitative estimate of drug-likeness (QED) is 0.290. The Balaban J connectivity index is 1.46. The van der Waals surface area contributed by atoms with Crippen LogP contribution in [0.15, 0.2) is 37.1 Å². The molecule has 15 heteroatoms. The molecule has 5 atom stereocenters. The van der Waals surface area contributed by atoms with Gasteiger partial charge in [0.25, 0.3) is 5.91 Å². The maximum absolute atomic E-state index is 14.5. The molecule has 14 nitrogen and oxygen atoms in total. The molecule has 5 rings (SSSR count). The standard InChI is InChI=1S/C36H49N5O9S/c1-10-21-17-36(21,32(44)40-51(46,47)23-12-13-23)39-29(42)26-16-22(49-30-25-15-20(2)11-14-24(25)27(48-9)18-37-30)19-41(26)31(43)28(34(3,4)5)38-33(45)50-35(6,7)8/h10-11,14-15,18,21-23,26,28H,1,12-13,16-17,19H2,2-9H3,(H,38,45)(H,39,42)(H,40,44)/t21-,22-,26+,28-,36-/m1/s1. The number of amides is 4. The summed E-state index contributed by atoms with van der Waals surface area (Å²) in [6, 6.07) is 3.46. The number of carbonyl (C=O) groups excluding carboxylic acids is 4. The first-order valence-electron chi connectivity index (χ1n) is 17.1.